The van der Waals surface area contributed by atoms with Crippen molar-refractivity contribution >= 4 is 34.2 Å². The van der Waals surface area contributed by atoms with Gasteiger partial charge in [0.2, 0.25) is 5.91 Å². The van der Waals surface area contributed by atoms with Crippen LogP contribution >= 0.6 is 28.3 Å². The molecule has 5 nitrogen and oxygen atoms in total. The maximum atomic E-state index is 12.2. The van der Waals surface area contributed by atoms with Gasteiger partial charge in [-0.25, -0.2) is 0 Å². The maximum absolute atomic E-state index is 12.2. The van der Waals surface area contributed by atoms with Crippen molar-refractivity contribution in [1.29, 1.82) is 0 Å². The molecule has 2 unspecified atom stereocenters. The Kier molecular flexibility index (Phi) is 7.19. The second-order valence-corrected chi connectivity index (χ2v) is 7.06. The minimum atomic E-state index is -0.0746. The highest BCUT2D eigenvalue weighted by atomic mass is 79.9. The van der Waals surface area contributed by atoms with Crippen LogP contribution in [0, 0.1) is 5.92 Å². The molecule has 0 spiro atoms. The highest BCUT2D eigenvalue weighted by Gasteiger charge is 2.20. The van der Waals surface area contributed by atoms with Crippen molar-refractivity contribution in [3.63, 3.8) is 0 Å². The van der Waals surface area contributed by atoms with Crippen molar-refractivity contribution in [3.05, 3.63) is 22.2 Å². The van der Waals surface area contributed by atoms with E-state index in [4.69, 9.17) is 9.47 Å². The molecule has 0 bridgehead atoms. The van der Waals surface area contributed by atoms with Gasteiger partial charge < -0.3 is 20.1 Å². The molecule has 1 saturated heterocycles. The predicted molar refractivity (Wildman–Crippen MR) is 99.1 cm³/mol. The van der Waals surface area contributed by atoms with Gasteiger partial charge >= 0.3 is 0 Å². The normalized spacial score (nSPS) is 20.2. The molecule has 1 fully saturated rings. The number of benzene rings is 1. The summed E-state index contributed by atoms with van der Waals surface area (Å²) in [5.41, 5.74) is 1.00. The van der Waals surface area contributed by atoms with E-state index >= 15 is 0 Å². The lowest BCUT2D eigenvalue weighted by molar-refractivity contribution is -0.122. The van der Waals surface area contributed by atoms with Gasteiger partial charge in [0.05, 0.1) is 6.04 Å². The molecule has 2 aliphatic heterocycles. The topological polar surface area (TPSA) is 59.6 Å². The van der Waals surface area contributed by atoms with Gasteiger partial charge in [-0.05, 0) is 56.5 Å². The molecule has 2 atom stereocenters. The number of halogens is 2. The van der Waals surface area contributed by atoms with E-state index < -0.39 is 0 Å². The molecule has 7 heteroatoms. The van der Waals surface area contributed by atoms with E-state index in [1.807, 2.05) is 19.1 Å². The first-order chi connectivity index (χ1) is 11.1. The Morgan fingerprint density at radius 3 is 2.75 bits per heavy atom. The van der Waals surface area contributed by atoms with Gasteiger partial charge in [0.25, 0.3) is 0 Å². The quantitative estimate of drug-likeness (QED) is 0.769. The molecule has 2 heterocycles. The molecular weight excluding hydrogens is 396 g/mol. The number of carbonyl (C=O) groups excluding carboxylic acids is 1. The van der Waals surface area contributed by atoms with Gasteiger partial charge in [0.1, 0.15) is 13.2 Å². The Morgan fingerprint density at radius 2 is 2.08 bits per heavy atom. The summed E-state index contributed by atoms with van der Waals surface area (Å²) < 4.78 is 12.1. The van der Waals surface area contributed by atoms with Crippen molar-refractivity contribution in [3.8, 4) is 11.5 Å². The van der Waals surface area contributed by atoms with E-state index in [-0.39, 0.29) is 24.4 Å². The molecule has 1 amide bonds. The molecule has 0 aliphatic carbocycles. The van der Waals surface area contributed by atoms with Crippen molar-refractivity contribution in [1.82, 2.24) is 10.6 Å². The Bertz CT molecular complexity index is 579. The predicted octanol–water partition coefficient (Wildman–Crippen LogP) is 3.21. The summed E-state index contributed by atoms with van der Waals surface area (Å²) in [6, 6.07) is 3.79. The summed E-state index contributed by atoms with van der Waals surface area (Å²) in [6.07, 6.45) is 2.71. The van der Waals surface area contributed by atoms with Crippen LogP contribution in [0.5, 0.6) is 11.5 Å². The number of ether oxygens (including phenoxy) is 2. The minimum absolute atomic E-state index is 0. The lowest BCUT2D eigenvalue weighted by Crippen LogP contribution is -2.27. The second-order valence-electron chi connectivity index (χ2n) is 6.20. The number of nitrogens with one attached hydrogen (secondary N) is 2. The van der Waals surface area contributed by atoms with Gasteiger partial charge in [-0.15, -0.1) is 12.4 Å². The fraction of sp³-hybridized carbons (Fsp3) is 0.588. The standard InChI is InChI=1S/C17H23BrN2O3.ClH/c1-11(20-17(21)3-2-12-4-5-19-10-12)13-8-15-16(9-14(13)18)23-7-6-22-15;/h8-9,11-12,19H,2-7,10H2,1H3,(H,20,21);1H. The summed E-state index contributed by atoms with van der Waals surface area (Å²) in [5.74, 6) is 2.23. The zero-order chi connectivity index (χ0) is 16.2. The van der Waals surface area contributed by atoms with Gasteiger partial charge in [0.15, 0.2) is 11.5 Å². The average molecular weight is 420 g/mol. The van der Waals surface area contributed by atoms with Gasteiger partial charge in [-0.1, -0.05) is 15.9 Å². The number of amides is 1. The third kappa shape index (κ3) is 4.77. The lowest BCUT2D eigenvalue weighted by atomic mass is 10.0. The fourth-order valence-corrected chi connectivity index (χ4v) is 3.76. The highest BCUT2D eigenvalue weighted by Crippen LogP contribution is 2.37. The van der Waals surface area contributed by atoms with Crippen LogP contribution in [0.2, 0.25) is 0 Å². The molecule has 134 valence electrons. The number of fused-ring (bicyclic) bond motifs is 1. The van der Waals surface area contributed by atoms with E-state index in [2.05, 4.69) is 26.6 Å². The molecular formula is C17H24BrClN2O3. The van der Waals surface area contributed by atoms with E-state index in [0.29, 0.717) is 25.6 Å². The Morgan fingerprint density at radius 1 is 1.38 bits per heavy atom. The number of hydrogen-bond donors (Lipinski definition) is 2. The van der Waals surface area contributed by atoms with Crippen LogP contribution in [0.3, 0.4) is 0 Å². The molecule has 24 heavy (non-hydrogen) atoms. The third-order valence-corrected chi connectivity index (χ3v) is 5.13. The number of carbonyl (C=O) groups is 1. The van der Waals surface area contributed by atoms with Gasteiger partial charge in [0, 0.05) is 10.9 Å². The summed E-state index contributed by atoms with van der Waals surface area (Å²) in [4.78, 5) is 12.2. The molecule has 3 rings (SSSR count). The molecule has 1 aromatic carbocycles. The van der Waals surface area contributed by atoms with Crippen molar-refractivity contribution in [2.45, 2.75) is 32.2 Å². The SMILES string of the molecule is CC(NC(=O)CCC1CCNC1)c1cc2c(cc1Br)OCCO2.Cl. The average Bonchev–Trinajstić information content (AvgIpc) is 3.05. The van der Waals surface area contributed by atoms with Crippen LogP contribution in [0.1, 0.15) is 37.8 Å². The van der Waals surface area contributed by atoms with Crippen molar-refractivity contribution < 1.29 is 14.3 Å². The summed E-state index contributed by atoms with van der Waals surface area (Å²) >= 11 is 3.56. The second kappa shape index (κ2) is 8.92. The Balaban J connectivity index is 0.00000208. The highest BCUT2D eigenvalue weighted by molar-refractivity contribution is 9.10. The van der Waals surface area contributed by atoms with E-state index in [0.717, 1.165) is 41.0 Å². The molecule has 2 N–H and O–H groups in total. The van der Waals surface area contributed by atoms with Crippen LogP contribution in [0.15, 0.2) is 16.6 Å². The first kappa shape index (κ1) is 19.3. The Labute approximate surface area is 157 Å². The van der Waals surface area contributed by atoms with Gasteiger partial charge in [-0.2, -0.15) is 0 Å². The fourth-order valence-electron chi connectivity index (χ4n) is 3.10. The third-order valence-electron chi connectivity index (χ3n) is 4.45. The number of rotatable bonds is 5. The first-order valence-electron chi connectivity index (χ1n) is 8.22. The molecule has 0 saturated carbocycles. The summed E-state index contributed by atoms with van der Waals surface area (Å²) in [5, 5.41) is 6.42. The van der Waals surface area contributed by atoms with E-state index in [1.54, 1.807) is 0 Å². The smallest absolute Gasteiger partial charge is 0.220 e. The van der Waals surface area contributed by atoms with Gasteiger partial charge in [-0.3, -0.25) is 4.79 Å². The molecule has 1 aromatic rings. The van der Waals surface area contributed by atoms with Crippen molar-refractivity contribution in [2.75, 3.05) is 26.3 Å². The first-order valence-corrected chi connectivity index (χ1v) is 9.02. The summed E-state index contributed by atoms with van der Waals surface area (Å²) in [6.45, 7) is 5.24. The van der Waals surface area contributed by atoms with Crippen LogP contribution in [0.4, 0.5) is 0 Å². The monoisotopic (exact) mass is 418 g/mol. The minimum Gasteiger partial charge on any atom is -0.486 e. The largest absolute Gasteiger partial charge is 0.486 e. The van der Waals surface area contributed by atoms with E-state index in [9.17, 15) is 4.79 Å². The zero-order valence-corrected chi connectivity index (χ0v) is 16.2. The van der Waals surface area contributed by atoms with Crippen molar-refractivity contribution in [2.24, 2.45) is 5.92 Å². The number of hydrogen-bond acceptors (Lipinski definition) is 4. The van der Waals surface area contributed by atoms with Crippen LogP contribution in [-0.2, 0) is 4.79 Å². The van der Waals surface area contributed by atoms with Crippen LogP contribution in [-0.4, -0.2) is 32.2 Å². The van der Waals surface area contributed by atoms with Crippen LogP contribution < -0.4 is 20.1 Å². The zero-order valence-electron chi connectivity index (χ0n) is 13.8. The molecule has 2 aliphatic rings. The Hall–Kier alpha value is -0.980. The molecule has 0 radical (unpaired) electrons. The van der Waals surface area contributed by atoms with E-state index in [1.165, 1.54) is 6.42 Å². The van der Waals surface area contributed by atoms with Crippen LogP contribution in [0.25, 0.3) is 0 Å². The maximum Gasteiger partial charge on any atom is 0.220 e. The molecule has 0 aromatic heterocycles. The lowest BCUT2D eigenvalue weighted by Gasteiger charge is -2.22. The summed E-state index contributed by atoms with van der Waals surface area (Å²) in [7, 11) is 0.